The first-order chi connectivity index (χ1) is 11.1. The number of hydrogen-bond donors (Lipinski definition) is 0. The molecular weight excluding hydrogens is 278 g/mol. The van der Waals surface area contributed by atoms with Crippen molar-refractivity contribution in [2.24, 2.45) is 0 Å². The summed E-state index contributed by atoms with van der Waals surface area (Å²) in [4.78, 5) is 0. The first-order valence-electron chi connectivity index (χ1n) is 10.6. The van der Waals surface area contributed by atoms with Gasteiger partial charge in [0.1, 0.15) is 0 Å². The second-order valence-electron chi connectivity index (χ2n) is 7.91. The molecule has 0 amide bonds. The molecule has 0 aliphatic rings. The zero-order valence-corrected chi connectivity index (χ0v) is 16.9. The van der Waals surface area contributed by atoms with Crippen LogP contribution in [0.5, 0.6) is 0 Å². The largest absolute Gasteiger partial charge is 0.329 e. The Morgan fingerprint density at radius 3 is 1.48 bits per heavy atom. The Morgan fingerprint density at radius 2 is 1.00 bits per heavy atom. The lowest BCUT2D eigenvalue weighted by Crippen LogP contribution is -2.39. The van der Waals surface area contributed by atoms with E-state index in [4.69, 9.17) is 0 Å². The Balaban J connectivity index is 3.16. The van der Waals surface area contributed by atoms with Crippen molar-refractivity contribution in [3.8, 4) is 0 Å². The van der Waals surface area contributed by atoms with Crippen molar-refractivity contribution in [3.63, 3.8) is 0 Å². The van der Waals surface area contributed by atoms with Gasteiger partial charge in [-0.1, -0.05) is 70.4 Å². The highest BCUT2D eigenvalue weighted by atomic mass is 15.3. The van der Waals surface area contributed by atoms with Gasteiger partial charge in [-0.15, -0.1) is 0 Å². The summed E-state index contributed by atoms with van der Waals surface area (Å²) in [5, 5.41) is 0. The molecule has 0 atom stereocenters. The number of quaternary nitrogens is 1. The predicted octanol–water partition coefficient (Wildman–Crippen LogP) is 7.12. The van der Waals surface area contributed by atoms with Gasteiger partial charge in [-0.2, -0.15) is 0 Å². The Kier molecular flexibility index (Phi) is 16.3. The minimum absolute atomic E-state index is 1.18. The van der Waals surface area contributed by atoms with Gasteiger partial charge in [-0.05, 0) is 45.4 Å². The number of hydrogen-bond acceptors (Lipinski definition) is 0. The summed E-state index contributed by atoms with van der Waals surface area (Å²) < 4.78 is 1.18. The number of rotatable bonds is 17. The van der Waals surface area contributed by atoms with E-state index in [0.717, 1.165) is 0 Å². The molecule has 0 fully saturated rings. The molecule has 0 heterocycles. The molecule has 1 heteroatoms. The fraction of sp³-hybridized carbons (Fsp3) is 0.909. The van der Waals surface area contributed by atoms with E-state index in [-0.39, 0.29) is 0 Å². The van der Waals surface area contributed by atoms with Gasteiger partial charge in [-0.3, -0.25) is 0 Å². The average Bonchev–Trinajstić information content (AvgIpc) is 2.54. The van der Waals surface area contributed by atoms with Crippen LogP contribution in [-0.4, -0.2) is 31.7 Å². The van der Waals surface area contributed by atoms with Gasteiger partial charge in [0, 0.05) is 0 Å². The number of allylic oxidation sites excluding steroid dienone is 2. The maximum absolute atomic E-state index is 2.42. The summed E-state index contributed by atoms with van der Waals surface area (Å²) in [5.41, 5.74) is 0. The third-order valence-electron chi connectivity index (χ3n) is 5.13. The highest BCUT2D eigenvalue weighted by molar-refractivity contribution is 4.81. The summed E-state index contributed by atoms with van der Waals surface area (Å²) >= 11 is 0. The molecule has 23 heavy (non-hydrogen) atoms. The predicted molar refractivity (Wildman–Crippen MR) is 107 cm³/mol. The van der Waals surface area contributed by atoms with Crippen molar-refractivity contribution >= 4 is 0 Å². The Labute approximate surface area is 148 Å². The molecular formula is C22H46N+. The van der Waals surface area contributed by atoms with Crippen molar-refractivity contribution in [2.45, 2.75) is 104 Å². The van der Waals surface area contributed by atoms with E-state index in [2.05, 4.69) is 40.1 Å². The third-order valence-corrected chi connectivity index (χ3v) is 5.13. The van der Waals surface area contributed by atoms with Crippen molar-refractivity contribution in [1.29, 1.82) is 0 Å². The molecule has 0 bridgehead atoms. The highest BCUT2D eigenvalue weighted by Crippen LogP contribution is 2.10. The van der Waals surface area contributed by atoms with Gasteiger partial charge in [0.15, 0.2) is 0 Å². The average molecular weight is 325 g/mol. The quantitative estimate of drug-likeness (QED) is 0.152. The fourth-order valence-electron chi connectivity index (χ4n) is 2.95. The minimum atomic E-state index is 1.18. The maximum atomic E-state index is 2.42. The summed E-state index contributed by atoms with van der Waals surface area (Å²) in [6.45, 7) is 7.18. The van der Waals surface area contributed by atoms with E-state index in [9.17, 15) is 0 Å². The van der Waals surface area contributed by atoms with Gasteiger partial charge in [0.25, 0.3) is 0 Å². The summed E-state index contributed by atoms with van der Waals surface area (Å²) in [5.74, 6) is 0. The van der Waals surface area contributed by atoms with E-state index >= 15 is 0 Å². The summed E-state index contributed by atoms with van der Waals surface area (Å²) in [7, 11) is 4.69. The van der Waals surface area contributed by atoms with Crippen molar-refractivity contribution in [3.05, 3.63) is 12.2 Å². The first-order valence-corrected chi connectivity index (χ1v) is 10.6. The number of unbranched alkanes of at least 4 members (excludes halogenated alkanes) is 12. The molecule has 0 aromatic rings. The van der Waals surface area contributed by atoms with Crippen molar-refractivity contribution in [1.82, 2.24) is 0 Å². The van der Waals surface area contributed by atoms with E-state index in [0.29, 0.717) is 0 Å². The van der Waals surface area contributed by atoms with Gasteiger partial charge < -0.3 is 4.48 Å². The smallest absolute Gasteiger partial charge is 0.0782 e. The van der Waals surface area contributed by atoms with Crippen LogP contribution in [0.3, 0.4) is 0 Å². The van der Waals surface area contributed by atoms with E-state index in [1.165, 1.54) is 107 Å². The Hall–Kier alpha value is -0.300. The van der Waals surface area contributed by atoms with Crippen LogP contribution in [0.4, 0.5) is 0 Å². The molecule has 0 N–H and O–H groups in total. The van der Waals surface area contributed by atoms with E-state index in [1.807, 2.05) is 0 Å². The molecule has 0 aromatic heterocycles. The molecule has 0 rings (SSSR count). The molecule has 138 valence electrons. The van der Waals surface area contributed by atoms with Crippen LogP contribution in [0.1, 0.15) is 104 Å². The van der Waals surface area contributed by atoms with Crippen LogP contribution >= 0.6 is 0 Å². The van der Waals surface area contributed by atoms with E-state index < -0.39 is 0 Å². The fourth-order valence-corrected chi connectivity index (χ4v) is 2.95. The van der Waals surface area contributed by atoms with Crippen LogP contribution in [0.2, 0.25) is 0 Å². The monoisotopic (exact) mass is 324 g/mol. The van der Waals surface area contributed by atoms with Gasteiger partial charge in [0.2, 0.25) is 0 Å². The van der Waals surface area contributed by atoms with Gasteiger partial charge in [0.05, 0.1) is 27.2 Å². The van der Waals surface area contributed by atoms with Gasteiger partial charge >= 0.3 is 0 Å². The third kappa shape index (κ3) is 17.9. The van der Waals surface area contributed by atoms with Crippen LogP contribution in [0, 0.1) is 0 Å². The van der Waals surface area contributed by atoms with Crippen LogP contribution in [0.15, 0.2) is 12.2 Å². The summed E-state index contributed by atoms with van der Waals surface area (Å²) in [6.07, 6.45) is 24.4. The highest BCUT2D eigenvalue weighted by Gasteiger charge is 2.09. The van der Waals surface area contributed by atoms with Crippen molar-refractivity contribution in [2.75, 3.05) is 27.2 Å². The molecule has 0 saturated carbocycles. The normalized spacial score (nSPS) is 12.3. The first kappa shape index (κ1) is 22.7. The SMILES string of the molecule is CCCCCCCCC=CCCCCCCCC[N+](C)(C)CC. The molecule has 0 radical (unpaired) electrons. The van der Waals surface area contributed by atoms with E-state index in [1.54, 1.807) is 0 Å². The van der Waals surface area contributed by atoms with Crippen LogP contribution in [-0.2, 0) is 0 Å². The van der Waals surface area contributed by atoms with Crippen LogP contribution < -0.4 is 0 Å². The lowest BCUT2D eigenvalue weighted by atomic mass is 10.1. The zero-order chi connectivity index (χ0) is 17.2. The number of nitrogens with zero attached hydrogens (tertiary/aromatic N) is 1. The molecule has 0 spiro atoms. The Morgan fingerprint density at radius 1 is 0.565 bits per heavy atom. The van der Waals surface area contributed by atoms with Gasteiger partial charge in [-0.25, -0.2) is 0 Å². The lowest BCUT2D eigenvalue weighted by molar-refractivity contribution is -0.888. The zero-order valence-electron chi connectivity index (χ0n) is 16.9. The molecule has 0 saturated heterocycles. The molecule has 0 aliphatic heterocycles. The summed E-state index contributed by atoms with van der Waals surface area (Å²) in [6, 6.07) is 0. The second kappa shape index (κ2) is 16.6. The Bertz CT molecular complexity index is 255. The molecule has 1 nitrogen and oxygen atoms in total. The van der Waals surface area contributed by atoms with Crippen LogP contribution in [0.25, 0.3) is 0 Å². The topological polar surface area (TPSA) is 0 Å². The van der Waals surface area contributed by atoms with Crippen molar-refractivity contribution < 1.29 is 4.48 Å². The molecule has 0 aliphatic carbocycles. The maximum Gasteiger partial charge on any atom is 0.0782 e. The lowest BCUT2D eigenvalue weighted by Gasteiger charge is -2.28. The minimum Gasteiger partial charge on any atom is -0.329 e. The molecule has 0 unspecified atom stereocenters. The standard InChI is InChI=1S/C22H46N/c1-5-7-8-9-10-11-12-13-14-15-16-17-18-19-20-21-22-23(3,4)6-2/h13-14H,5-12,15-22H2,1-4H3/q+1. The molecule has 0 aromatic carbocycles. The second-order valence-corrected chi connectivity index (χ2v) is 7.91.